The third kappa shape index (κ3) is 2.69. The maximum absolute atomic E-state index is 12.5. The van der Waals surface area contributed by atoms with Crippen LogP contribution in [-0.2, 0) is 22.0 Å². The molecule has 0 radical (unpaired) electrons. The van der Waals surface area contributed by atoms with Crippen LogP contribution in [0, 0.1) is 13.8 Å². The fourth-order valence-corrected chi connectivity index (χ4v) is 5.67. The summed E-state index contributed by atoms with van der Waals surface area (Å²) in [7, 11) is -3.32. The van der Waals surface area contributed by atoms with E-state index < -0.39 is 15.6 Å². The number of aryl methyl sites for hydroxylation is 2. The summed E-state index contributed by atoms with van der Waals surface area (Å²) in [6.45, 7) is 5.83. The fourth-order valence-electron chi connectivity index (χ4n) is 4.34. The van der Waals surface area contributed by atoms with E-state index in [4.69, 9.17) is 0 Å². The van der Waals surface area contributed by atoms with E-state index in [9.17, 15) is 8.42 Å². The molecule has 1 N–H and O–H groups in total. The molecular formula is C17H24N6O2S. The van der Waals surface area contributed by atoms with Crippen molar-refractivity contribution < 1.29 is 8.42 Å². The van der Waals surface area contributed by atoms with Crippen molar-refractivity contribution in [2.24, 2.45) is 0 Å². The minimum absolute atomic E-state index is 0.497. The van der Waals surface area contributed by atoms with Crippen LogP contribution >= 0.6 is 0 Å². The third-order valence-corrected chi connectivity index (χ3v) is 6.88. The van der Waals surface area contributed by atoms with E-state index >= 15 is 0 Å². The first-order valence-electron chi connectivity index (χ1n) is 8.87. The van der Waals surface area contributed by atoms with Crippen LogP contribution in [-0.4, -0.2) is 58.5 Å². The molecule has 0 aliphatic carbocycles. The molecule has 9 heteroatoms. The van der Waals surface area contributed by atoms with Gasteiger partial charge in [-0.15, -0.1) is 0 Å². The Labute approximate surface area is 153 Å². The number of aromatic amines is 1. The number of anilines is 1. The Hall–Kier alpha value is -2.00. The second kappa shape index (κ2) is 6.02. The molecular weight excluding hydrogens is 352 g/mol. The zero-order chi connectivity index (χ0) is 18.5. The minimum atomic E-state index is -3.32. The molecule has 2 aromatic rings. The first-order valence-corrected chi connectivity index (χ1v) is 10.7. The highest BCUT2D eigenvalue weighted by molar-refractivity contribution is 7.88. The van der Waals surface area contributed by atoms with Gasteiger partial charge in [0.2, 0.25) is 10.0 Å². The second-order valence-electron chi connectivity index (χ2n) is 7.25. The fraction of sp³-hybridized carbons (Fsp3) is 0.588. The zero-order valence-electron chi connectivity index (χ0n) is 15.4. The lowest BCUT2D eigenvalue weighted by Gasteiger charge is -2.49. The van der Waals surface area contributed by atoms with Crippen molar-refractivity contribution >= 4 is 15.8 Å². The van der Waals surface area contributed by atoms with Crippen molar-refractivity contribution in [2.75, 3.05) is 30.8 Å². The van der Waals surface area contributed by atoms with Crippen LogP contribution in [0.5, 0.6) is 0 Å². The van der Waals surface area contributed by atoms with E-state index in [2.05, 4.69) is 24.8 Å². The Morgan fingerprint density at radius 1 is 1.15 bits per heavy atom. The standard InChI is InChI=1S/C17H24N6O2S/c1-12-10-18-13(2)16(21-12)22-8-5-17(6-9-22)15-14(19-11-20-15)4-7-23(17)26(3,24)25/h10-11H,4-9H2,1-3H3,(H,19,20). The van der Waals surface area contributed by atoms with Crippen LogP contribution in [0.2, 0.25) is 0 Å². The number of hydrogen-bond donors (Lipinski definition) is 1. The van der Waals surface area contributed by atoms with E-state index in [1.165, 1.54) is 6.26 Å². The average molecular weight is 376 g/mol. The first-order chi connectivity index (χ1) is 12.3. The molecule has 2 aliphatic rings. The molecule has 0 saturated carbocycles. The largest absolute Gasteiger partial charge is 0.355 e. The lowest BCUT2D eigenvalue weighted by molar-refractivity contribution is 0.128. The summed E-state index contributed by atoms with van der Waals surface area (Å²) in [6, 6.07) is 0. The van der Waals surface area contributed by atoms with Crippen molar-refractivity contribution in [3.05, 3.63) is 35.3 Å². The number of piperidine rings is 1. The predicted octanol–water partition coefficient (Wildman–Crippen LogP) is 1.13. The van der Waals surface area contributed by atoms with Gasteiger partial charge in [-0.05, 0) is 26.7 Å². The summed E-state index contributed by atoms with van der Waals surface area (Å²) >= 11 is 0. The molecule has 140 valence electrons. The molecule has 2 aliphatic heterocycles. The molecule has 4 rings (SSSR count). The summed E-state index contributed by atoms with van der Waals surface area (Å²) in [4.78, 5) is 19.0. The number of nitrogens with one attached hydrogen (secondary N) is 1. The smallest absolute Gasteiger partial charge is 0.212 e. The topological polar surface area (TPSA) is 95.1 Å². The summed E-state index contributed by atoms with van der Waals surface area (Å²) in [6.07, 6.45) is 6.80. The highest BCUT2D eigenvalue weighted by Gasteiger charge is 2.50. The van der Waals surface area contributed by atoms with Crippen molar-refractivity contribution in [1.29, 1.82) is 0 Å². The molecule has 0 amide bonds. The van der Waals surface area contributed by atoms with Gasteiger partial charge in [0.25, 0.3) is 0 Å². The van der Waals surface area contributed by atoms with Crippen LogP contribution < -0.4 is 4.90 Å². The van der Waals surface area contributed by atoms with Gasteiger partial charge in [-0.2, -0.15) is 4.31 Å². The Kier molecular flexibility index (Phi) is 4.03. The molecule has 0 bridgehead atoms. The molecule has 1 fully saturated rings. The van der Waals surface area contributed by atoms with Gasteiger partial charge in [-0.1, -0.05) is 0 Å². The Morgan fingerprint density at radius 3 is 2.58 bits per heavy atom. The summed E-state index contributed by atoms with van der Waals surface area (Å²) in [5.74, 6) is 0.892. The second-order valence-corrected chi connectivity index (χ2v) is 9.16. The summed E-state index contributed by atoms with van der Waals surface area (Å²) in [5.41, 5.74) is 3.17. The molecule has 0 unspecified atom stereocenters. The van der Waals surface area contributed by atoms with E-state index in [0.29, 0.717) is 25.8 Å². The van der Waals surface area contributed by atoms with Crippen LogP contribution in [0.15, 0.2) is 12.5 Å². The molecule has 2 aromatic heterocycles. The van der Waals surface area contributed by atoms with Gasteiger partial charge < -0.3 is 9.88 Å². The number of hydrogen-bond acceptors (Lipinski definition) is 6. The van der Waals surface area contributed by atoms with Crippen molar-refractivity contribution in [3.8, 4) is 0 Å². The van der Waals surface area contributed by atoms with Crippen molar-refractivity contribution in [2.45, 2.75) is 38.6 Å². The SMILES string of the molecule is Cc1cnc(C)c(N2CCC3(CC2)c2nc[nH]c2CCN3S(C)(=O)=O)n1. The number of sulfonamides is 1. The van der Waals surface area contributed by atoms with Crippen LogP contribution in [0.25, 0.3) is 0 Å². The lowest BCUT2D eigenvalue weighted by atomic mass is 9.80. The molecule has 1 saturated heterocycles. The van der Waals surface area contributed by atoms with E-state index in [1.807, 2.05) is 13.8 Å². The Balaban J connectivity index is 1.69. The monoisotopic (exact) mass is 376 g/mol. The van der Waals surface area contributed by atoms with Gasteiger partial charge in [0.15, 0.2) is 0 Å². The number of rotatable bonds is 2. The number of aromatic nitrogens is 4. The van der Waals surface area contributed by atoms with Gasteiger partial charge in [-0.3, -0.25) is 4.98 Å². The first kappa shape index (κ1) is 17.4. The highest BCUT2D eigenvalue weighted by atomic mass is 32.2. The Morgan fingerprint density at radius 2 is 1.88 bits per heavy atom. The maximum Gasteiger partial charge on any atom is 0.212 e. The molecule has 0 atom stereocenters. The minimum Gasteiger partial charge on any atom is -0.355 e. The van der Waals surface area contributed by atoms with Gasteiger partial charge >= 0.3 is 0 Å². The molecule has 4 heterocycles. The number of nitrogens with zero attached hydrogens (tertiary/aromatic N) is 5. The van der Waals surface area contributed by atoms with Crippen molar-refractivity contribution in [3.63, 3.8) is 0 Å². The number of imidazole rings is 1. The van der Waals surface area contributed by atoms with Gasteiger partial charge in [0, 0.05) is 37.9 Å². The van der Waals surface area contributed by atoms with E-state index in [1.54, 1.807) is 16.8 Å². The third-order valence-electron chi connectivity index (χ3n) is 5.54. The lowest BCUT2D eigenvalue weighted by Crippen LogP contribution is -2.58. The van der Waals surface area contributed by atoms with Gasteiger partial charge in [0.1, 0.15) is 5.82 Å². The molecule has 1 spiro atoms. The van der Waals surface area contributed by atoms with Gasteiger partial charge in [-0.25, -0.2) is 18.4 Å². The zero-order valence-corrected chi connectivity index (χ0v) is 16.2. The van der Waals surface area contributed by atoms with E-state index in [0.717, 1.165) is 41.7 Å². The van der Waals surface area contributed by atoms with Gasteiger partial charge in [0.05, 0.1) is 35.2 Å². The highest BCUT2D eigenvalue weighted by Crippen LogP contribution is 2.44. The molecule has 8 nitrogen and oxygen atoms in total. The quantitative estimate of drug-likeness (QED) is 0.844. The Bertz CT molecular complexity index is 930. The predicted molar refractivity (Wildman–Crippen MR) is 98.5 cm³/mol. The van der Waals surface area contributed by atoms with E-state index in [-0.39, 0.29) is 0 Å². The van der Waals surface area contributed by atoms with Crippen LogP contribution in [0.1, 0.15) is 35.6 Å². The van der Waals surface area contributed by atoms with Crippen LogP contribution in [0.3, 0.4) is 0 Å². The average Bonchev–Trinajstić information content (AvgIpc) is 3.07. The number of H-pyrrole nitrogens is 1. The molecule has 0 aromatic carbocycles. The summed E-state index contributed by atoms with van der Waals surface area (Å²) < 4.78 is 26.6. The number of fused-ring (bicyclic) bond motifs is 2. The maximum atomic E-state index is 12.5. The van der Waals surface area contributed by atoms with Crippen molar-refractivity contribution in [1.82, 2.24) is 24.2 Å². The summed E-state index contributed by atoms with van der Waals surface area (Å²) in [5, 5.41) is 0. The van der Waals surface area contributed by atoms with Crippen LogP contribution in [0.4, 0.5) is 5.82 Å². The molecule has 26 heavy (non-hydrogen) atoms. The normalized spacial score (nSPS) is 20.3.